The lowest BCUT2D eigenvalue weighted by Gasteiger charge is -2.07. The Morgan fingerprint density at radius 3 is 2.95 bits per heavy atom. The number of hydrogen-bond acceptors (Lipinski definition) is 5. The summed E-state index contributed by atoms with van der Waals surface area (Å²) in [6.07, 6.45) is 1.68. The Bertz CT molecular complexity index is 807. The molecule has 0 saturated carbocycles. The average molecular weight is 286 g/mol. The summed E-state index contributed by atoms with van der Waals surface area (Å²) in [4.78, 5) is 39.4. The molecule has 2 heterocycles. The molecule has 0 radical (unpaired) electrons. The summed E-state index contributed by atoms with van der Waals surface area (Å²) in [6.45, 7) is 1.79. The van der Waals surface area contributed by atoms with Gasteiger partial charge in [0.25, 0.3) is 5.56 Å². The van der Waals surface area contributed by atoms with Crippen LogP contribution in [0.5, 0.6) is 0 Å². The van der Waals surface area contributed by atoms with Crippen molar-refractivity contribution < 1.29 is 14.3 Å². The fraction of sp³-hybridized carbons (Fsp3) is 0.333. The standard InChI is InChI=1S/C15H14N2O4/c1-9(18)8-21-15(20)10-4-5-11-12(7-10)16-13-3-2-6-17(13)14(11)19/h4-5,7H,2-3,6,8H2,1H3. The molecular formula is C15H14N2O4. The van der Waals surface area contributed by atoms with Gasteiger partial charge in [-0.15, -0.1) is 0 Å². The second-order valence-corrected chi connectivity index (χ2v) is 5.10. The van der Waals surface area contributed by atoms with Gasteiger partial charge in [-0.3, -0.25) is 14.2 Å². The van der Waals surface area contributed by atoms with E-state index < -0.39 is 5.97 Å². The molecule has 0 aliphatic carbocycles. The Morgan fingerprint density at radius 2 is 2.19 bits per heavy atom. The molecule has 0 saturated heterocycles. The number of ketones is 1. The third-order valence-electron chi connectivity index (χ3n) is 3.46. The molecule has 0 unspecified atom stereocenters. The fourth-order valence-corrected chi connectivity index (χ4v) is 2.46. The highest BCUT2D eigenvalue weighted by molar-refractivity contribution is 5.95. The summed E-state index contributed by atoms with van der Waals surface area (Å²) in [5, 5.41) is 0.490. The second kappa shape index (κ2) is 5.12. The van der Waals surface area contributed by atoms with Crippen molar-refractivity contribution in [3.05, 3.63) is 39.9 Å². The lowest BCUT2D eigenvalue weighted by molar-refractivity contribution is -0.120. The van der Waals surface area contributed by atoms with Crippen molar-refractivity contribution in [3.63, 3.8) is 0 Å². The highest BCUT2D eigenvalue weighted by Gasteiger charge is 2.17. The Kier molecular flexibility index (Phi) is 3.29. The number of benzene rings is 1. The van der Waals surface area contributed by atoms with Crippen LogP contribution in [0.4, 0.5) is 0 Å². The van der Waals surface area contributed by atoms with Crippen LogP contribution in [0.1, 0.15) is 29.5 Å². The minimum Gasteiger partial charge on any atom is -0.454 e. The molecule has 3 rings (SSSR count). The lowest BCUT2D eigenvalue weighted by Crippen LogP contribution is -2.21. The van der Waals surface area contributed by atoms with Crippen molar-refractivity contribution in [2.75, 3.05) is 6.61 Å². The summed E-state index contributed by atoms with van der Waals surface area (Å²) >= 11 is 0. The van der Waals surface area contributed by atoms with Crippen molar-refractivity contribution in [3.8, 4) is 0 Å². The lowest BCUT2D eigenvalue weighted by atomic mass is 10.1. The van der Waals surface area contributed by atoms with E-state index in [2.05, 4.69) is 4.98 Å². The van der Waals surface area contributed by atoms with E-state index in [0.29, 0.717) is 23.0 Å². The Labute approximate surface area is 120 Å². The van der Waals surface area contributed by atoms with Crippen LogP contribution in [-0.4, -0.2) is 27.9 Å². The molecule has 6 heteroatoms. The highest BCUT2D eigenvalue weighted by atomic mass is 16.5. The minimum absolute atomic E-state index is 0.0730. The molecule has 1 aromatic carbocycles. The van der Waals surface area contributed by atoms with Crippen LogP contribution in [-0.2, 0) is 22.5 Å². The SMILES string of the molecule is CC(=O)COC(=O)c1ccc2c(=O)n3c(nc2c1)CCC3. The van der Waals surface area contributed by atoms with Crippen LogP contribution in [0.15, 0.2) is 23.0 Å². The molecule has 0 N–H and O–H groups in total. The molecule has 1 aliphatic heterocycles. The number of carbonyl (C=O) groups excluding carboxylic acids is 2. The van der Waals surface area contributed by atoms with Crippen LogP contribution < -0.4 is 5.56 Å². The molecule has 2 aromatic rings. The number of Topliss-reactive ketones (excluding diaryl/α,β-unsaturated/α-hetero) is 1. The molecule has 0 spiro atoms. The quantitative estimate of drug-likeness (QED) is 0.789. The van der Waals surface area contributed by atoms with E-state index in [0.717, 1.165) is 18.7 Å². The predicted molar refractivity (Wildman–Crippen MR) is 75.3 cm³/mol. The van der Waals surface area contributed by atoms with Crippen LogP contribution >= 0.6 is 0 Å². The Hall–Kier alpha value is -2.50. The van der Waals surface area contributed by atoms with Gasteiger partial charge in [0.1, 0.15) is 12.4 Å². The number of aryl methyl sites for hydroxylation is 1. The number of hydrogen-bond donors (Lipinski definition) is 0. The van der Waals surface area contributed by atoms with E-state index in [1.165, 1.54) is 13.0 Å². The van der Waals surface area contributed by atoms with Gasteiger partial charge in [-0.2, -0.15) is 0 Å². The first-order valence-corrected chi connectivity index (χ1v) is 6.76. The number of rotatable bonds is 3. The Morgan fingerprint density at radius 1 is 1.38 bits per heavy atom. The molecular weight excluding hydrogens is 272 g/mol. The Balaban J connectivity index is 2.01. The smallest absolute Gasteiger partial charge is 0.338 e. The monoisotopic (exact) mass is 286 g/mol. The van der Waals surface area contributed by atoms with E-state index in [1.54, 1.807) is 16.7 Å². The molecule has 1 aliphatic rings. The van der Waals surface area contributed by atoms with Gasteiger partial charge in [0.2, 0.25) is 0 Å². The first-order chi connectivity index (χ1) is 10.1. The van der Waals surface area contributed by atoms with Crippen LogP contribution in [0.3, 0.4) is 0 Å². The molecule has 0 fully saturated rings. The molecule has 1 aromatic heterocycles. The van der Waals surface area contributed by atoms with E-state index in [4.69, 9.17) is 4.74 Å². The molecule has 108 valence electrons. The first kappa shape index (κ1) is 13.5. The predicted octanol–water partition coefficient (Wildman–Crippen LogP) is 1.09. The van der Waals surface area contributed by atoms with Crippen molar-refractivity contribution >= 4 is 22.7 Å². The summed E-state index contributed by atoms with van der Waals surface area (Å²) in [5.41, 5.74) is 0.708. The van der Waals surface area contributed by atoms with Crippen molar-refractivity contribution in [2.45, 2.75) is 26.3 Å². The first-order valence-electron chi connectivity index (χ1n) is 6.76. The third-order valence-corrected chi connectivity index (χ3v) is 3.46. The van der Waals surface area contributed by atoms with Gasteiger partial charge in [0.15, 0.2) is 5.78 Å². The largest absolute Gasteiger partial charge is 0.454 e. The van der Waals surface area contributed by atoms with Gasteiger partial charge in [-0.1, -0.05) is 0 Å². The average Bonchev–Trinajstić information content (AvgIpc) is 2.93. The third kappa shape index (κ3) is 2.44. The molecule has 6 nitrogen and oxygen atoms in total. The second-order valence-electron chi connectivity index (χ2n) is 5.10. The number of esters is 1. The number of nitrogens with zero attached hydrogens (tertiary/aromatic N) is 2. The number of ether oxygens (including phenoxy) is 1. The zero-order valence-corrected chi connectivity index (χ0v) is 11.6. The van der Waals surface area contributed by atoms with Crippen molar-refractivity contribution in [2.24, 2.45) is 0 Å². The zero-order chi connectivity index (χ0) is 15.0. The van der Waals surface area contributed by atoms with Gasteiger partial charge in [-0.05, 0) is 31.5 Å². The minimum atomic E-state index is -0.588. The molecule has 21 heavy (non-hydrogen) atoms. The van der Waals surface area contributed by atoms with Gasteiger partial charge >= 0.3 is 5.97 Å². The van der Waals surface area contributed by atoms with Crippen molar-refractivity contribution in [1.82, 2.24) is 9.55 Å². The zero-order valence-electron chi connectivity index (χ0n) is 11.6. The van der Waals surface area contributed by atoms with Crippen LogP contribution in [0.25, 0.3) is 10.9 Å². The maximum Gasteiger partial charge on any atom is 0.338 e. The maximum atomic E-state index is 12.3. The van der Waals surface area contributed by atoms with Gasteiger partial charge in [0, 0.05) is 13.0 Å². The van der Waals surface area contributed by atoms with E-state index >= 15 is 0 Å². The molecule has 0 amide bonds. The van der Waals surface area contributed by atoms with E-state index in [1.807, 2.05) is 0 Å². The maximum absolute atomic E-state index is 12.3. The van der Waals surface area contributed by atoms with E-state index in [-0.39, 0.29) is 17.9 Å². The summed E-state index contributed by atoms with van der Waals surface area (Å²) in [7, 11) is 0. The topological polar surface area (TPSA) is 78.3 Å². The number of fused-ring (bicyclic) bond motifs is 2. The summed E-state index contributed by atoms with van der Waals surface area (Å²) in [5.74, 6) is -0.0606. The van der Waals surface area contributed by atoms with Crippen LogP contribution in [0.2, 0.25) is 0 Å². The highest BCUT2D eigenvalue weighted by Crippen LogP contribution is 2.16. The molecule has 0 atom stereocenters. The molecule has 0 bridgehead atoms. The van der Waals surface area contributed by atoms with Gasteiger partial charge < -0.3 is 4.74 Å². The summed E-state index contributed by atoms with van der Waals surface area (Å²) < 4.78 is 6.54. The summed E-state index contributed by atoms with van der Waals surface area (Å²) in [6, 6.07) is 4.65. The van der Waals surface area contributed by atoms with E-state index in [9.17, 15) is 14.4 Å². The fourth-order valence-electron chi connectivity index (χ4n) is 2.46. The van der Waals surface area contributed by atoms with Crippen LogP contribution in [0, 0.1) is 0 Å². The van der Waals surface area contributed by atoms with Gasteiger partial charge in [-0.25, -0.2) is 9.78 Å². The van der Waals surface area contributed by atoms with Crippen molar-refractivity contribution in [1.29, 1.82) is 0 Å². The number of carbonyl (C=O) groups is 2. The normalized spacial score (nSPS) is 13.2. The number of aromatic nitrogens is 2. The van der Waals surface area contributed by atoms with Gasteiger partial charge in [0.05, 0.1) is 16.5 Å².